The molecule has 1 unspecified atom stereocenters. The zero-order chi connectivity index (χ0) is 14.2. The molecule has 0 aromatic carbocycles. The lowest BCUT2D eigenvalue weighted by atomic mass is 9.95. The van der Waals surface area contributed by atoms with Crippen molar-refractivity contribution < 1.29 is 9.59 Å². The number of nitrogens with zero attached hydrogens (tertiary/aromatic N) is 1. The van der Waals surface area contributed by atoms with Crippen molar-refractivity contribution in [1.29, 1.82) is 0 Å². The van der Waals surface area contributed by atoms with E-state index in [1.165, 1.54) is 11.3 Å². The molecule has 1 fully saturated rings. The summed E-state index contributed by atoms with van der Waals surface area (Å²) in [6.45, 7) is 4.93. The van der Waals surface area contributed by atoms with E-state index in [2.05, 4.69) is 13.8 Å². The summed E-state index contributed by atoms with van der Waals surface area (Å²) in [7, 11) is 0. The van der Waals surface area contributed by atoms with Crippen molar-refractivity contribution in [2.75, 3.05) is 13.1 Å². The molecule has 0 bridgehead atoms. The Balaban J connectivity index is 2.04. The molecule has 0 saturated carbocycles. The van der Waals surface area contributed by atoms with Gasteiger partial charge in [-0.2, -0.15) is 0 Å². The predicted molar refractivity (Wildman–Crippen MR) is 78.2 cm³/mol. The Morgan fingerprint density at radius 1 is 1.53 bits per heavy atom. The average molecular weight is 320 g/mol. The molecule has 1 atom stereocenters. The summed E-state index contributed by atoms with van der Waals surface area (Å²) in [6.07, 6.45) is 0.531. The molecule has 104 valence electrons. The molecule has 1 saturated heterocycles. The largest absolute Gasteiger partial charge is 0.335 e. The number of likely N-dealkylation sites (tertiary alicyclic amines) is 1. The molecule has 1 aliphatic rings. The number of halogens is 2. The Kier molecular flexibility index (Phi) is 4.54. The first kappa shape index (κ1) is 14.8. The first-order valence-electron chi connectivity index (χ1n) is 6.14. The fourth-order valence-electron chi connectivity index (χ4n) is 2.19. The Bertz CT molecular complexity index is 513. The number of carbonyl (C=O) groups excluding carboxylic acids is 2. The summed E-state index contributed by atoms with van der Waals surface area (Å²) in [4.78, 5) is 25.6. The van der Waals surface area contributed by atoms with Gasteiger partial charge in [-0.05, 0) is 17.9 Å². The SMILES string of the molecule is CC(C)C1CC(=O)N(CC(=O)c2cc(Cl)sc2Cl)C1. The van der Waals surface area contributed by atoms with E-state index in [9.17, 15) is 9.59 Å². The number of amides is 1. The smallest absolute Gasteiger partial charge is 0.223 e. The number of ketones is 1. The quantitative estimate of drug-likeness (QED) is 0.793. The molecule has 1 amide bonds. The van der Waals surface area contributed by atoms with Crippen molar-refractivity contribution in [3.05, 3.63) is 20.3 Å². The third-order valence-electron chi connectivity index (χ3n) is 3.48. The van der Waals surface area contributed by atoms with E-state index in [0.29, 0.717) is 39.0 Å². The molecule has 0 spiro atoms. The molecular formula is C13H15Cl2NO2S. The topological polar surface area (TPSA) is 37.4 Å². The minimum absolute atomic E-state index is 0.0458. The zero-order valence-electron chi connectivity index (χ0n) is 10.8. The standard InChI is InChI=1S/C13H15Cl2NO2S/c1-7(2)8-3-12(18)16(5-8)6-10(17)9-4-11(14)19-13(9)15/h4,7-8H,3,5-6H2,1-2H3. The highest BCUT2D eigenvalue weighted by Crippen LogP contribution is 2.32. The van der Waals surface area contributed by atoms with Crippen LogP contribution in [-0.2, 0) is 4.79 Å². The molecule has 0 aliphatic carbocycles. The summed E-state index contributed by atoms with van der Waals surface area (Å²) >= 11 is 12.9. The summed E-state index contributed by atoms with van der Waals surface area (Å²) in [5, 5.41) is 0. The number of rotatable bonds is 4. The van der Waals surface area contributed by atoms with Crippen molar-refractivity contribution in [3.63, 3.8) is 0 Å². The van der Waals surface area contributed by atoms with Gasteiger partial charge in [-0.25, -0.2) is 0 Å². The van der Waals surface area contributed by atoms with E-state index in [0.717, 1.165) is 0 Å². The number of hydrogen-bond donors (Lipinski definition) is 0. The minimum Gasteiger partial charge on any atom is -0.335 e. The van der Waals surface area contributed by atoms with Gasteiger partial charge in [-0.15, -0.1) is 11.3 Å². The second-order valence-corrected chi connectivity index (χ2v) is 7.43. The molecule has 1 aliphatic heterocycles. The lowest BCUT2D eigenvalue weighted by molar-refractivity contribution is -0.127. The van der Waals surface area contributed by atoms with Gasteiger partial charge in [0.05, 0.1) is 16.4 Å². The van der Waals surface area contributed by atoms with Crippen LogP contribution in [0.4, 0.5) is 0 Å². The number of thiophene rings is 1. The van der Waals surface area contributed by atoms with E-state index >= 15 is 0 Å². The maximum atomic E-state index is 12.1. The molecule has 1 aromatic rings. The van der Waals surface area contributed by atoms with Crippen LogP contribution in [0.3, 0.4) is 0 Å². The van der Waals surface area contributed by atoms with E-state index < -0.39 is 0 Å². The summed E-state index contributed by atoms with van der Waals surface area (Å²) in [5.41, 5.74) is 0.414. The third-order valence-corrected chi connectivity index (χ3v) is 4.97. The molecule has 2 heterocycles. The monoisotopic (exact) mass is 319 g/mol. The first-order chi connectivity index (χ1) is 8.88. The van der Waals surface area contributed by atoms with Crippen LogP contribution in [0.1, 0.15) is 30.6 Å². The highest BCUT2D eigenvalue weighted by molar-refractivity contribution is 7.20. The van der Waals surface area contributed by atoms with Gasteiger partial charge in [0, 0.05) is 13.0 Å². The van der Waals surface area contributed by atoms with Crippen molar-refractivity contribution in [2.24, 2.45) is 11.8 Å². The number of Topliss-reactive ketones (excluding diaryl/α,β-unsaturated/α-hetero) is 1. The van der Waals surface area contributed by atoms with E-state index in [4.69, 9.17) is 23.2 Å². The molecule has 6 heteroatoms. The van der Waals surface area contributed by atoms with Gasteiger partial charge in [0.25, 0.3) is 0 Å². The summed E-state index contributed by atoms with van der Waals surface area (Å²) in [5.74, 6) is 0.681. The molecular weight excluding hydrogens is 305 g/mol. The second kappa shape index (κ2) is 5.81. The molecule has 1 aromatic heterocycles. The Hall–Kier alpha value is -0.580. The van der Waals surface area contributed by atoms with Crippen LogP contribution in [0.2, 0.25) is 8.67 Å². The van der Waals surface area contributed by atoms with Crippen molar-refractivity contribution >= 4 is 46.2 Å². The average Bonchev–Trinajstić information content (AvgIpc) is 2.83. The van der Waals surface area contributed by atoms with E-state index in [1.54, 1.807) is 11.0 Å². The van der Waals surface area contributed by atoms with Crippen molar-refractivity contribution in [1.82, 2.24) is 4.90 Å². The van der Waals surface area contributed by atoms with Crippen LogP contribution >= 0.6 is 34.5 Å². The van der Waals surface area contributed by atoms with Crippen molar-refractivity contribution in [2.45, 2.75) is 20.3 Å². The Labute approximate surface area is 126 Å². The highest BCUT2D eigenvalue weighted by atomic mass is 35.5. The van der Waals surface area contributed by atoms with Crippen LogP contribution < -0.4 is 0 Å². The molecule has 2 rings (SSSR count). The van der Waals surface area contributed by atoms with Gasteiger partial charge in [-0.3, -0.25) is 9.59 Å². The van der Waals surface area contributed by atoms with Gasteiger partial charge in [0.2, 0.25) is 5.91 Å². The van der Waals surface area contributed by atoms with E-state index in [1.807, 2.05) is 0 Å². The Morgan fingerprint density at radius 2 is 2.21 bits per heavy atom. The normalized spacial score (nSPS) is 19.5. The zero-order valence-corrected chi connectivity index (χ0v) is 13.1. The van der Waals surface area contributed by atoms with Crippen LogP contribution in [0.25, 0.3) is 0 Å². The van der Waals surface area contributed by atoms with Gasteiger partial charge in [0.1, 0.15) is 4.34 Å². The van der Waals surface area contributed by atoms with Crippen LogP contribution in [0.15, 0.2) is 6.07 Å². The highest BCUT2D eigenvalue weighted by Gasteiger charge is 2.32. The fraction of sp³-hybridized carbons (Fsp3) is 0.538. The number of carbonyl (C=O) groups is 2. The summed E-state index contributed by atoms with van der Waals surface area (Å²) in [6, 6.07) is 1.57. The minimum atomic E-state index is -0.147. The Morgan fingerprint density at radius 3 is 2.68 bits per heavy atom. The fourth-order valence-corrected chi connectivity index (χ4v) is 3.69. The van der Waals surface area contributed by atoms with Crippen LogP contribution in [0.5, 0.6) is 0 Å². The van der Waals surface area contributed by atoms with E-state index in [-0.39, 0.29) is 18.2 Å². The molecule has 19 heavy (non-hydrogen) atoms. The van der Waals surface area contributed by atoms with Crippen LogP contribution in [0, 0.1) is 11.8 Å². The first-order valence-corrected chi connectivity index (χ1v) is 7.71. The molecule has 0 radical (unpaired) electrons. The lowest BCUT2D eigenvalue weighted by Crippen LogP contribution is -2.31. The van der Waals surface area contributed by atoms with Gasteiger partial charge < -0.3 is 4.90 Å². The third kappa shape index (κ3) is 3.30. The van der Waals surface area contributed by atoms with Crippen LogP contribution in [-0.4, -0.2) is 29.7 Å². The van der Waals surface area contributed by atoms with Crippen molar-refractivity contribution in [3.8, 4) is 0 Å². The van der Waals surface area contributed by atoms with Gasteiger partial charge >= 0.3 is 0 Å². The maximum absolute atomic E-state index is 12.1. The maximum Gasteiger partial charge on any atom is 0.223 e. The van der Waals surface area contributed by atoms with Gasteiger partial charge in [-0.1, -0.05) is 37.0 Å². The molecule has 0 N–H and O–H groups in total. The number of hydrogen-bond acceptors (Lipinski definition) is 3. The summed E-state index contributed by atoms with van der Waals surface area (Å²) < 4.78 is 0.878. The molecule has 3 nitrogen and oxygen atoms in total. The van der Waals surface area contributed by atoms with Gasteiger partial charge in [0.15, 0.2) is 5.78 Å². The predicted octanol–water partition coefficient (Wildman–Crippen LogP) is 3.74. The lowest BCUT2D eigenvalue weighted by Gasteiger charge is -2.17. The second-order valence-electron chi connectivity index (χ2n) is 5.14.